The second-order valence-corrected chi connectivity index (χ2v) is 6.81. The molecular weight excluding hydrogens is 394 g/mol. The van der Waals surface area contributed by atoms with Crippen molar-refractivity contribution < 1.29 is 14.5 Å². The van der Waals surface area contributed by atoms with Gasteiger partial charge in [0.15, 0.2) is 5.69 Å². The molecule has 0 atom stereocenters. The third-order valence-corrected chi connectivity index (χ3v) is 4.73. The van der Waals surface area contributed by atoms with E-state index in [1.54, 1.807) is 24.4 Å². The van der Waals surface area contributed by atoms with E-state index in [1.165, 1.54) is 35.7 Å². The Hall–Kier alpha value is -4.05. The predicted octanol–water partition coefficient (Wildman–Crippen LogP) is 4.49. The Morgan fingerprint density at radius 3 is 2.79 bits per heavy atom. The van der Waals surface area contributed by atoms with Gasteiger partial charge in [0.2, 0.25) is 0 Å². The van der Waals surface area contributed by atoms with E-state index in [0.29, 0.717) is 11.4 Å². The number of thiophene rings is 1. The Morgan fingerprint density at radius 2 is 2.07 bits per heavy atom. The van der Waals surface area contributed by atoms with Crippen molar-refractivity contribution in [2.45, 2.75) is 0 Å². The number of hydrogen-bond acceptors (Lipinski definition) is 7. The van der Waals surface area contributed by atoms with Crippen LogP contribution in [0.15, 0.2) is 66.3 Å². The zero-order valence-corrected chi connectivity index (χ0v) is 15.6. The normalized spacial score (nSPS) is 10.5. The van der Waals surface area contributed by atoms with Gasteiger partial charge < -0.3 is 10.1 Å². The van der Waals surface area contributed by atoms with E-state index in [4.69, 9.17) is 4.74 Å². The lowest BCUT2D eigenvalue weighted by molar-refractivity contribution is -0.384. The maximum Gasteiger partial charge on any atom is 0.276 e. The molecule has 0 saturated heterocycles. The van der Waals surface area contributed by atoms with Gasteiger partial charge in [0.05, 0.1) is 33.4 Å². The van der Waals surface area contributed by atoms with Gasteiger partial charge in [-0.1, -0.05) is 6.07 Å². The van der Waals surface area contributed by atoms with Gasteiger partial charge in [-0.05, 0) is 29.6 Å². The number of aromatic amines is 1. The van der Waals surface area contributed by atoms with Gasteiger partial charge >= 0.3 is 0 Å². The summed E-state index contributed by atoms with van der Waals surface area (Å²) in [5.41, 5.74) is 0.867. The van der Waals surface area contributed by atoms with Crippen LogP contribution in [0.4, 0.5) is 11.4 Å². The van der Waals surface area contributed by atoms with E-state index in [0.717, 1.165) is 4.88 Å². The molecule has 10 heteroatoms. The van der Waals surface area contributed by atoms with Crippen LogP contribution in [0.5, 0.6) is 11.5 Å². The Bertz CT molecular complexity index is 1160. The van der Waals surface area contributed by atoms with Crippen molar-refractivity contribution in [3.8, 4) is 22.1 Å². The molecule has 0 spiro atoms. The molecule has 0 unspecified atom stereocenters. The minimum atomic E-state index is -0.560. The van der Waals surface area contributed by atoms with Gasteiger partial charge in [0.1, 0.15) is 11.5 Å². The number of anilines is 1. The van der Waals surface area contributed by atoms with E-state index in [1.807, 2.05) is 17.5 Å². The number of carbonyl (C=O) groups excluding carboxylic acids is 1. The summed E-state index contributed by atoms with van der Waals surface area (Å²) in [5, 5.41) is 22.6. The molecule has 3 heterocycles. The van der Waals surface area contributed by atoms with Crippen LogP contribution in [0.2, 0.25) is 0 Å². The van der Waals surface area contributed by atoms with Gasteiger partial charge in [0.25, 0.3) is 11.6 Å². The highest BCUT2D eigenvalue weighted by atomic mass is 32.1. The summed E-state index contributed by atoms with van der Waals surface area (Å²) in [6.07, 6.45) is 3.06. The Kier molecular flexibility index (Phi) is 4.99. The molecule has 3 aromatic heterocycles. The molecule has 0 fully saturated rings. The first-order valence-corrected chi connectivity index (χ1v) is 9.24. The zero-order chi connectivity index (χ0) is 20.2. The number of nitrogens with one attached hydrogen (secondary N) is 2. The molecule has 0 radical (unpaired) electrons. The monoisotopic (exact) mass is 407 g/mol. The number of nitro benzene ring substituents is 1. The second kappa shape index (κ2) is 7.90. The molecule has 0 aliphatic heterocycles. The molecule has 4 aromatic rings. The minimum absolute atomic E-state index is 0.162. The molecule has 144 valence electrons. The number of non-ortho nitro benzene ring substituents is 1. The first-order valence-electron chi connectivity index (χ1n) is 8.36. The molecule has 0 bridgehead atoms. The lowest BCUT2D eigenvalue weighted by Gasteiger charge is -2.08. The van der Waals surface area contributed by atoms with Gasteiger partial charge in [-0.3, -0.25) is 25.0 Å². The lowest BCUT2D eigenvalue weighted by atomic mass is 10.2. The molecule has 29 heavy (non-hydrogen) atoms. The fraction of sp³-hybridized carbons (Fsp3) is 0. The fourth-order valence-corrected chi connectivity index (χ4v) is 3.25. The number of H-pyrrole nitrogens is 1. The van der Waals surface area contributed by atoms with Crippen molar-refractivity contribution in [2.24, 2.45) is 0 Å². The average Bonchev–Trinajstić information content (AvgIpc) is 3.40. The van der Waals surface area contributed by atoms with Crippen LogP contribution in [0.3, 0.4) is 0 Å². The Balaban J connectivity index is 1.57. The van der Waals surface area contributed by atoms with Crippen molar-refractivity contribution in [2.75, 3.05) is 5.32 Å². The third-order valence-electron chi connectivity index (χ3n) is 3.83. The molecule has 4 rings (SSSR count). The summed E-state index contributed by atoms with van der Waals surface area (Å²) in [6.45, 7) is 0. The van der Waals surface area contributed by atoms with Crippen LogP contribution in [0, 0.1) is 10.1 Å². The summed E-state index contributed by atoms with van der Waals surface area (Å²) in [4.78, 5) is 28.1. The molecule has 2 N–H and O–H groups in total. The number of pyridine rings is 1. The average molecular weight is 407 g/mol. The number of nitro groups is 1. The van der Waals surface area contributed by atoms with Gasteiger partial charge in [-0.25, -0.2) is 0 Å². The summed E-state index contributed by atoms with van der Waals surface area (Å²) >= 11 is 1.51. The number of rotatable bonds is 6. The number of amides is 1. The minimum Gasteiger partial charge on any atom is -0.455 e. The summed E-state index contributed by atoms with van der Waals surface area (Å²) in [7, 11) is 0. The number of aromatic nitrogens is 3. The maximum atomic E-state index is 12.5. The number of nitrogens with zero attached hydrogens (tertiary/aromatic N) is 3. The van der Waals surface area contributed by atoms with Crippen LogP contribution < -0.4 is 10.1 Å². The third kappa shape index (κ3) is 4.28. The van der Waals surface area contributed by atoms with Crippen LogP contribution in [0.1, 0.15) is 10.5 Å². The van der Waals surface area contributed by atoms with Gasteiger partial charge in [-0.2, -0.15) is 5.10 Å². The number of hydrogen-bond donors (Lipinski definition) is 2. The Labute approximate surface area is 168 Å². The molecular formula is C19H13N5O4S. The number of carbonyl (C=O) groups is 1. The van der Waals surface area contributed by atoms with Crippen LogP contribution >= 0.6 is 11.3 Å². The highest BCUT2D eigenvalue weighted by Gasteiger charge is 2.16. The van der Waals surface area contributed by atoms with Gasteiger partial charge in [0, 0.05) is 18.3 Å². The van der Waals surface area contributed by atoms with Gasteiger partial charge in [-0.15, -0.1) is 11.3 Å². The molecule has 0 aliphatic rings. The summed E-state index contributed by atoms with van der Waals surface area (Å²) in [5.74, 6) is 0.110. The van der Waals surface area contributed by atoms with Crippen LogP contribution in [0.25, 0.3) is 10.6 Å². The first-order chi connectivity index (χ1) is 14.1. The molecule has 1 amide bonds. The van der Waals surface area contributed by atoms with Crippen molar-refractivity contribution in [3.05, 3.63) is 82.1 Å². The molecule has 1 aromatic carbocycles. The van der Waals surface area contributed by atoms with Crippen molar-refractivity contribution in [1.29, 1.82) is 0 Å². The first kappa shape index (κ1) is 18.3. The van der Waals surface area contributed by atoms with Crippen molar-refractivity contribution >= 4 is 28.6 Å². The van der Waals surface area contributed by atoms with Crippen molar-refractivity contribution in [3.63, 3.8) is 0 Å². The van der Waals surface area contributed by atoms with Crippen molar-refractivity contribution in [1.82, 2.24) is 15.2 Å². The highest BCUT2D eigenvalue weighted by Crippen LogP contribution is 2.30. The van der Waals surface area contributed by atoms with E-state index in [9.17, 15) is 14.9 Å². The SMILES string of the molecule is O=C(Nc1cc(Oc2cccnc2)cc([N+](=O)[O-])c1)c1cc(-c2cccs2)[nH]n1. The van der Waals surface area contributed by atoms with E-state index < -0.39 is 10.8 Å². The highest BCUT2D eigenvalue weighted by molar-refractivity contribution is 7.13. The van der Waals surface area contributed by atoms with Crippen LogP contribution in [-0.4, -0.2) is 26.0 Å². The van der Waals surface area contributed by atoms with E-state index in [2.05, 4.69) is 20.5 Å². The second-order valence-electron chi connectivity index (χ2n) is 5.86. The standard InChI is InChI=1S/C19H13N5O4S/c25-19(17-10-16(22-23-17)18-4-2-6-29-18)21-12-7-13(24(26)27)9-15(8-12)28-14-3-1-5-20-11-14/h1-11H,(H,21,25)(H,22,23). The molecule has 0 saturated carbocycles. The van der Waals surface area contributed by atoms with E-state index >= 15 is 0 Å². The van der Waals surface area contributed by atoms with E-state index in [-0.39, 0.29) is 22.8 Å². The largest absolute Gasteiger partial charge is 0.455 e. The summed E-state index contributed by atoms with van der Waals surface area (Å²) < 4.78 is 5.61. The number of benzene rings is 1. The zero-order valence-electron chi connectivity index (χ0n) is 14.7. The fourth-order valence-electron chi connectivity index (χ4n) is 2.55. The quantitative estimate of drug-likeness (QED) is 0.359. The molecule has 9 nitrogen and oxygen atoms in total. The molecule has 0 aliphatic carbocycles. The summed E-state index contributed by atoms with van der Waals surface area (Å²) in [6, 6.07) is 12.8. The lowest BCUT2D eigenvalue weighted by Crippen LogP contribution is -2.12. The maximum absolute atomic E-state index is 12.5. The van der Waals surface area contributed by atoms with Crippen LogP contribution in [-0.2, 0) is 0 Å². The topological polar surface area (TPSA) is 123 Å². The smallest absolute Gasteiger partial charge is 0.276 e. The Morgan fingerprint density at radius 1 is 1.17 bits per heavy atom. The number of ether oxygens (including phenoxy) is 1. The predicted molar refractivity (Wildman–Crippen MR) is 107 cm³/mol.